The number of ether oxygens (including phenoxy) is 2. The van der Waals surface area contributed by atoms with Crippen LogP contribution in [0.25, 0.3) is 10.2 Å². The quantitative estimate of drug-likeness (QED) is 0.644. The van der Waals surface area contributed by atoms with Crippen molar-refractivity contribution in [2.45, 2.75) is 19.8 Å². The first kappa shape index (κ1) is 19.5. The van der Waals surface area contributed by atoms with Gasteiger partial charge in [-0.1, -0.05) is 17.4 Å². The zero-order valence-corrected chi connectivity index (χ0v) is 17.5. The number of amides is 1. The summed E-state index contributed by atoms with van der Waals surface area (Å²) in [4.78, 5) is 19.7. The number of benzene rings is 2. The van der Waals surface area contributed by atoms with Gasteiger partial charge in [0, 0.05) is 30.8 Å². The highest BCUT2D eigenvalue weighted by Crippen LogP contribution is 2.33. The van der Waals surface area contributed by atoms with Crippen molar-refractivity contribution in [2.75, 3.05) is 37.0 Å². The van der Waals surface area contributed by atoms with Gasteiger partial charge in [0.25, 0.3) is 0 Å². The zero-order chi connectivity index (χ0) is 20.2. The lowest BCUT2D eigenvalue weighted by molar-refractivity contribution is -0.120. The number of carbonyl (C=O) groups excluding carboxylic acids is 1. The number of hydrogen-bond donors (Lipinski definition) is 1. The van der Waals surface area contributed by atoms with Crippen molar-refractivity contribution in [3.05, 3.63) is 42.5 Å². The molecule has 1 fully saturated rings. The molecule has 4 rings (SSSR count). The number of hydrogen-bond acceptors (Lipinski definition) is 6. The molecule has 1 amide bonds. The van der Waals surface area contributed by atoms with Gasteiger partial charge in [0.05, 0.1) is 23.9 Å². The smallest absolute Gasteiger partial charge is 0.227 e. The van der Waals surface area contributed by atoms with Gasteiger partial charge in [0.1, 0.15) is 11.5 Å². The molecule has 152 valence electrons. The SMILES string of the molecule is CCOc1ccc2nc(N3CCC(C(=O)Nc4cccc(OC)c4)CC3)sc2c1. The summed E-state index contributed by atoms with van der Waals surface area (Å²) in [5.74, 6) is 1.70. The van der Waals surface area contributed by atoms with Crippen LogP contribution in [0.2, 0.25) is 0 Å². The highest BCUT2D eigenvalue weighted by molar-refractivity contribution is 7.22. The predicted octanol–water partition coefficient (Wildman–Crippen LogP) is 4.56. The summed E-state index contributed by atoms with van der Waals surface area (Å²) in [6.45, 7) is 4.29. The third kappa shape index (κ3) is 4.45. The summed E-state index contributed by atoms with van der Waals surface area (Å²) < 4.78 is 11.9. The number of piperidine rings is 1. The Morgan fingerprint density at radius 2 is 2.03 bits per heavy atom. The number of rotatable bonds is 6. The van der Waals surface area contributed by atoms with Crippen LogP contribution in [0.15, 0.2) is 42.5 Å². The maximum Gasteiger partial charge on any atom is 0.227 e. The molecular formula is C22H25N3O3S. The molecule has 2 heterocycles. The Balaban J connectivity index is 1.37. The first-order valence-electron chi connectivity index (χ1n) is 9.89. The summed E-state index contributed by atoms with van der Waals surface area (Å²) in [5.41, 5.74) is 1.76. The standard InChI is InChI=1S/C22H25N3O3S/c1-3-28-18-7-8-19-20(14-18)29-22(24-19)25-11-9-15(10-12-25)21(26)23-16-5-4-6-17(13-16)27-2/h4-8,13-15H,3,9-12H2,1-2H3,(H,23,26). The summed E-state index contributed by atoms with van der Waals surface area (Å²) >= 11 is 1.68. The van der Waals surface area contributed by atoms with Gasteiger partial charge >= 0.3 is 0 Å². The van der Waals surface area contributed by atoms with Crippen molar-refractivity contribution in [2.24, 2.45) is 5.92 Å². The molecule has 1 aromatic heterocycles. The molecule has 1 aliphatic heterocycles. The molecule has 2 aromatic carbocycles. The zero-order valence-electron chi connectivity index (χ0n) is 16.7. The van der Waals surface area contributed by atoms with Crippen LogP contribution in [0.5, 0.6) is 11.5 Å². The maximum absolute atomic E-state index is 12.7. The van der Waals surface area contributed by atoms with Crippen molar-refractivity contribution < 1.29 is 14.3 Å². The predicted molar refractivity (Wildman–Crippen MR) is 117 cm³/mol. The second kappa shape index (κ2) is 8.69. The van der Waals surface area contributed by atoms with E-state index in [-0.39, 0.29) is 11.8 Å². The van der Waals surface area contributed by atoms with E-state index >= 15 is 0 Å². The minimum atomic E-state index is 0.0105. The van der Waals surface area contributed by atoms with Crippen LogP contribution in [0.4, 0.5) is 10.8 Å². The minimum absolute atomic E-state index is 0.0105. The van der Waals surface area contributed by atoms with Gasteiger partial charge in [-0.25, -0.2) is 4.98 Å². The number of methoxy groups -OCH3 is 1. The average molecular weight is 412 g/mol. The van der Waals surface area contributed by atoms with E-state index in [0.717, 1.165) is 58.5 Å². The van der Waals surface area contributed by atoms with E-state index in [4.69, 9.17) is 14.5 Å². The molecular weight excluding hydrogens is 386 g/mol. The van der Waals surface area contributed by atoms with Gasteiger partial charge < -0.3 is 19.7 Å². The monoisotopic (exact) mass is 411 g/mol. The van der Waals surface area contributed by atoms with E-state index in [0.29, 0.717) is 6.61 Å². The lowest BCUT2D eigenvalue weighted by Crippen LogP contribution is -2.38. The molecule has 0 atom stereocenters. The second-order valence-electron chi connectivity index (χ2n) is 7.04. The molecule has 29 heavy (non-hydrogen) atoms. The lowest BCUT2D eigenvalue weighted by Gasteiger charge is -2.31. The summed E-state index contributed by atoms with van der Waals surface area (Å²) in [6, 6.07) is 13.5. The number of thiazole rings is 1. The van der Waals surface area contributed by atoms with Gasteiger partial charge in [-0.2, -0.15) is 0 Å². The van der Waals surface area contributed by atoms with Crippen LogP contribution in [-0.4, -0.2) is 37.7 Å². The highest BCUT2D eigenvalue weighted by Gasteiger charge is 2.26. The highest BCUT2D eigenvalue weighted by atomic mass is 32.1. The number of fused-ring (bicyclic) bond motifs is 1. The number of carbonyl (C=O) groups is 1. The maximum atomic E-state index is 12.7. The first-order chi connectivity index (χ1) is 14.2. The summed E-state index contributed by atoms with van der Waals surface area (Å²) in [5, 5.41) is 4.03. The Bertz CT molecular complexity index is 996. The third-order valence-corrected chi connectivity index (χ3v) is 6.21. The lowest BCUT2D eigenvalue weighted by atomic mass is 9.96. The molecule has 0 spiro atoms. The van der Waals surface area contributed by atoms with Crippen molar-refractivity contribution in [1.29, 1.82) is 0 Å². The molecule has 1 aliphatic rings. The fourth-order valence-corrected chi connectivity index (χ4v) is 4.61. The van der Waals surface area contributed by atoms with Gasteiger partial charge in [-0.05, 0) is 50.1 Å². The molecule has 7 heteroatoms. The molecule has 0 aliphatic carbocycles. The number of anilines is 2. The van der Waals surface area contributed by atoms with E-state index in [1.165, 1.54) is 0 Å². The largest absolute Gasteiger partial charge is 0.497 e. The van der Waals surface area contributed by atoms with Gasteiger partial charge in [-0.3, -0.25) is 4.79 Å². The van der Waals surface area contributed by atoms with Crippen LogP contribution >= 0.6 is 11.3 Å². The summed E-state index contributed by atoms with van der Waals surface area (Å²) in [7, 11) is 1.62. The van der Waals surface area contributed by atoms with Crippen molar-refractivity contribution >= 4 is 38.3 Å². The van der Waals surface area contributed by atoms with Crippen LogP contribution < -0.4 is 19.7 Å². The topological polar surface area (TPSA) is 63.7 Å². The molecule has 1 N–H and O–H groups in total. The Kier molecular flexibility index (Phi) is 5.85. The minimum Gasteiger partial charge on any atom is -0.497 e. The Hall–Kier alpha value is -2.80. The molecule has 0 bridgehead atoms. The van der Waals surface area contributed by atoms with E-state index in [1.807, 2.05) is 49.4 Å². The van der Waals surface area contributed by atoms with Crippen LogP contribution in [0.3, 0.4) is 0 Å². The summed E-state index contributed by atoms with van der Waals surface area (Å²) in [6.07, 6.45) is 1.63. The van der Waals surface area contributed by atoms with E-state index in [2.05, 4.69) is 10.2 Å². The van der Waals surface area contributed by atoms with Crippen LogP contribution in [0.1, 0.15) is 19.8 Å². The van der Waals surface area contributed by atoms with E-state index in [1.54, 1.807) is 18.4 Å². The molecule has 3 aromatic rings. The van der Waals surface area contributed by atoms with Crippen molar-refractivity contribution in [1.82, 2.24) is 4.98 Å². The van der Waals surface area contributed by atoms with E-state index in [9.17, 15) is 4.79 Å². The average Bonchev–Trinajstić information content (AvgIpc) is 3.17. The van der Waals surface area contributed by atoms with Crippen LogP contribution in [-0.2, 0) is 4.79 Å². The molecule has 0 unspecified atom stereocenters. The van der Waals surface area contributed by atoms with Gasteiger partial charge in [0.15, 0.2) is 5.13 Å². The second-order valence-corrected chi connectivity index (χ2v) is 8.05. The molecule has 6 nitrogen and oxygen atoms in total. The fraction of sp³-hybridized carbons (Fsp3) is 0.364. The van der Waals surface area contributed by atoms with Crippen molar-refractivity contribution in [3.8, 4) is 11.5 Å². The molecule has 0 radical (unpaired) electrons. The normalized spacial score (nSPS) is 14.8. The first-order valence-corrected chi connectivity index (χ1v) is 10.7. The third-order valence-electron chi connectivity index (χ3n) is 5.13. The van der Waals surface area contributed by atoms with Crippen molar-refractivity contribution in [3.63, 3.8) is 0 Å². The van der Waals surface area contributed by atoms with E-state index < -0.39 is 0 Å². The Morgan fingerprint density at radius 3 is 2.79 bits per heavy atom. The van der Waals surface area contributed by atoms with Gasteiger partial charge in [0.2, 0.25) is 5.91 Å². The number of nitrogens with one attached hydrogen (secondary N) is 1. The number of aromatic nitrogens is 1. The molecule has 1 saturated heterocycles. The van der Waals surface area contributed by atoms with Gasteiger partial charge in [-0.15, -0.1) is 0 Å². The fourth-order valence-electron chi connectivity index (χ4n) is 3.56. The number of nitrogens with zero attached hydrogens (tertiary/aromatic N) is 2. The van der Waals surface area contributed by atoms with Crippen LogP contribution in [0, 0.1) is 5.92 Å². The molecule has 0 saturated carbocycles. The Labute approximate surface area is 174 Å². The Morgan fingerprint density at radius 1 is 1.21 bits per heavy atom.